The molecule has 0 aliphatic rings. The first-order valence-electron chi connectivity index (χ1n) is 6.55. The quantitative estimate of drug-likeness (QED) is 0.588. The van der Waals surface area contributed by atoms with Crippen molar-refractivity contribution in [2.75, 3.05) is 5.73 Å². The van der Waals surface area contributed by atoms with Crippen molar-refractivity contribution in [3.05, 3.63) is 54.2 Å². The predicted octanol–water partition coefficient (Wildman–Crippen LogP) is 3.94. The molecule has 21 heavy (non-hydrogen) atoms. The van der Waals surface area contributed by atoms with E-state index in [0.717, 1.165) is 22.4 Å². The Morgan fingerprint density at radius 1 is 1.10 bits per heavy atom. The predicted molar refractivity (Wildman–Crippen MR) is 87.1 cm³/mol. The summed E-state index contributed by atoms with van der Waals surface area (Å²) in [7, 11) is 0. The summed E-state index contributed by atoms with van der Waals surface area (Å²) < 4.78 is 1.25. The first kappa shape index (κ1) is 12.1. The summed E-state index contributed by atoms with van der Waals surface area (Å²) in [4.78, 5) is 4.17. The number of H-pyrrole nitrogens is 1. The lowest BCUT2D eigenvalue weighted by Crippen LogP contribution is -1.89. The van der Waals surface area contributed by atoms with Gasteiger partial charge in [0, 0.05) is 39.0 Å². The van der Waals surface area contributed by atoms with E-state index >= 15 is 0 Å². The number of hydrogen-bond donors (Lipinski definition) is 2. The van der Waals surface area contributed by atoms with Crippen molar-refractivity contribution < 1.29 is 0 Å². The molecule has 0 spiro atoms. The smallest absolute Gasteiger partial charge is 0.153 e. The van der Waals surface area contributed by atoms with Gasteiger partial charge >= 0.3 is 0 Å². The van der Waals surface area contributed by atoms with Gasteiger partial charge in [0.2, 0.25) is 0 Å². The average molecular weight is 292 g/mol. The second kappa shape index (κ2) is 4.71. The minimum absolute atomic E-state index is 0.494. The van der Waals surface area contributed by atoms with Crippen molar-refractivity contribution in [3.8, 4) is 22.4 Å². The highest BCUT2D eigenvalue weighted by Crippen LogP contribution is 2.39. The fourth-order valence-corrected chi connectivity index (χ4v) is 3.48. The molecular formula is C16H12N4S. The Hall–Kier alpha value is -2.66. The molecule has 0 radical (unpaired) electrons. The summed E-state index contributed by atoms with van der Waals surface area (Å²) in [6, 6.07) is 12.2. The summed E-state index contributed by atoms with van der Waals surface area (Å²) >= 11 is 1.72. The molecule has 102 valence electrons. The van der Waals surface area contributed by atoms with Crippen LogP contribution in [0.4, 0.5) is 5.82 Å². The standard InChI is InChI=1S/C16H12N4S/c17-16-14(10-4-3-7-18-8-10)15(19-20-16)12-9-21-13-6-2-1-5-11(12)13/h1-9H,(H3,17,19,20). The molecule has 5 heteroatoms. The third kappa shape index (κ3) is 1.90. The van der Waals surface area contributed by atoms with Crippen LogP contribution in [0.5, 0.6) is 0 Å². The summed E-state index contributed by atoms with van der Waals surface area (Å²) in [5, 5.41) is 10.6. The van der Waals surface area contributed by atoms with Gasteiger partial charge in [-0.25, -0.2) is 0 Å². The van der Waals surface area contributed by atoms with Crippen molar-refractivity contribution in [1.29, 1.82) is 0 Å². The SMILES string of the molecule is Nc1n[nH]c(-c2csc3ccccc23)c1-c1cccnc1. The van der Waals surface area contributed by atoms with Gasteiger partial charge in [0.1, 0.15) is 0 Å². The monoisotopic (exact) mass is 292 g/mol. The molecule has 0 fully saturated rings. The van der Waals surface area contributed by atoms with E-state index in [-0.39, 0.29) is 0 Å². The molecule has 0 unspecified atom stereocenters. The molecule has 4 nitrogen and oxygen atoms in total. The van der Waals surface area contributed by atoms with Gasteiger partial charge in [0.15, 0.2) is 5.82 Å². The highest BCUT2D eigenvalue weighted by molar-refractivity contribution is 7.17. The third-order valence-electron chi connectivity index (χ3n) is 3.49. The lowest BCUT2D eigenvalue weighted by atomic mass is 10.0. The largest absolute Gasteiger partial charge is 0.382 e. The van der Waals surface area contributed by atoms with Crippen LogP contribution in [0.25, 0.3) is 32.5 Å². The van der Waals surface area contributed by atoms with Crippen LogP contribution in [-0.2, 0) is 0 Å². The molecule has 0 amide bonds. The van der Waals surface area contributed by atoms with Gasteiger partial charge in [-0.2, -0.15) is 5.10 Å². The van der Waals surface area contributed by atoms with Gasteiger partial charge in [0.25, 0.3) is 0 Å². The lowest BCUT2D eigenvalue weighted by molar-refractivity contribution is 1.10. The molecule has 4 rings (SSSR count). The Balaban J connectivity index is 1.98. The second-order valence-electron chi connectivity index (χ2n) is 4.75. The molecule has 0 saturated heterocycles. The normalized spacial score (nSPS) is 11.0. The Morgan fingerprint density at radius 2 is 2.00 bits per heavy atom. The summed E-state index contributed by atoms with van der Waals surface area (Å²) in [6.07, 6.45) is 3.55. The van der Waals surface area contributed by atoms with E-state index in [1.807, 2.05) is 24.3 Å². The van der Waals surface area contributed by atoms with Gasteiger partial charge in [-0.05, 0) is 12.1 Å². The molecule has 3 aromatic heterocycles. The molecule has 0 atom stereocenters. The molecule has 0 bridgehead atoms. The van der Waals surface area contributed by atoms with Crippen LogP contribution < -0.4 is 5.73 Å². The van der Waals surface area contributed by atoms with E-state index in [9.17, 15) is 0 Å². The second-order valence-corrected chi connectivity index (χ2v) is 5.66. The number of hydrogen-bond acceptors (Lipinski definition) is 4. The van der Waals surface area contributed by atoms with Crippen LogP contribution >= 0.6 is 11.3 Å². The number of rotatable bonds is 2. The molecule has 0 aliphatic carbocycles. The maximum atomic E-state index is 6.06. The third-order valence-corrected chi connectivity index (χ3v) is 4.46. The number of aromatic nitrogens is 3. The van der Waals surface area contributed by atoms with E-state index in [0.29, 0.717) is 5.82 Å². The van der Waals surface area contributed by atoms with E-state index in [1.165, 1.54) is 10.1 Å². The minimum atomic E-state index is 0.494. The van der Waals surface area contributed by atoms with Crippen LogP contribution in [0.1, 0.15) is 0 Å². The maximum absolute atomic E-state index is 6.06. The Labute approximate surface area is 125 Å². The highest BCUT2D eigenvalue weighted by Gasteiger charge is 2.17. The summed E-state index contributed by atoms with van der Waals surface area (Å²) in [5.41, 5.74) is 10.00. The van der Waals surface area contributed by atoms with Gasteiger partial charge < -0.3 is 5.73 Å². The van der Waals surface area contributed by atoms with Crippen molar-refractivity contribution in [1.82, 2.24) is 15.2 Å². The molecule has 4 aromatic rings. The van der Waals surface area contributed by atoms with Gasteiger partial charge in [-0.15, -0.1) is 11.3 Å². The zero-order chi connectivity index (χ0) is 14.2. The highest BCUT2D eigenvalue weighted by atomic mass is 32.1. The number of nitrogens with zero attached hydrogens (tertiary/aromatic N) is 2. The van der Waals surface area contributed by atoms with Crippen LogP contribution in [-0.4, -0.2) is 15.2 Å². The van der Waals surface area contributed by atoms with Crippen molar-refractivity contribution in [2.24, 2.45) is 0 Å². The van der Waals surface area contributed by atoms with Crippen molar-refractivity contribution in [3.63, 3.8) is 0 Å². The van der Waals surface area contributed by atoms with Crippen LogP contribution in [0.2, 0.25) is 0 Å². The summed E-state index contributed by atoms with van der Waals surface area (Å²) in [6.45, 7) is 0. The number of nitrogen functional groups attached to an aromatic ring is 1. The van der Waals surface area contributed by atoms with Crippen LogP contribution in [0, 0.1) is 0 Å². The number of pyridine rings is 1. The molecule has 1 aromatic carbocycles. The van der Waals surface area contributed by atoms with Gasteiger partial charge in [0.05, 0.1) is 11.3 Å². The fraction of sp³-hybridized carbons (Fsp3) is 0. The Kier molecular flexibility index (Phi) is 2.72. The number of aromatic amines is 1. The van der Waals surface area contributed by atoms with Gasteiger partial charge in [-0.3, -0.25) is 10.1 Å². The van der Waals surface area contributed by atoms with Crippen molar-refractivity contribution in [2.45, 2.75) is 0 Å². The Morgan fingerprint density at radius 3 is 2.86 bits per heavy atom. The zero-order valence-corrected chi connectivity index (χ0v) is 11.9. The molecule has 0 saturated carbocycles. The number of nitrogens with two attached hydrogens (primary N) is 1. The molecule has 0 aliphatic heterocycles. The molecular weight excluding hydrogens is 280 g/mol. The molecule has 3 heterocycles. The van der Waals surface area contributed by atoms with E-state index in [1.54, 1.807) is 23.7 Å². The Bertz CT molecular complexity index is 908. The first-order valence-corrected chi connectivity index (χ1v) is 7.43. The fourth-order valence-electron chi connectivity index (χ4n) is 2.53. The van der Waals surface area contributed by atoms with E-state index in [2.05, 4.69) is 32.7 Å². The number of nitrogens with one attached hydrogen (secondary N) is 1. The van der Waals surface area contributed by atoms with Gasteiger partial charge in [-0.1, -0.05) is 24.3 Å². The topological polar surface area (TPSA) is 67.6 Å². The lowest BCUT2D eigenvalue weighted by Gasteiger charge is -2.03. The zero-order valence-electron chi connectivity index (χ0n) is 11.1. The average Bonchev–Trinajstić information content (AvgIpc) is 3.11. The van der Waals surface area contributed by atoms with Crippen LogP contribution in [0.3, 0.4) is 0 Å². The molecule has 3 N–H and O–H groups in total. The number of anilines is 1. The van der Waals surface area contributed by atoms with Crippen molar-refractivity contribution >= 4 is 27.2 Å². The van der Waals surface area contributed by atoms with E-state index < -0.39 is 0 Å². The number of fused-ring (bicyclic) bond motifs is 1. The first-order chi connectivity index (χ1) is 10.3. The van der Waals surface area contributed by atoms with E-state index in [4.69, 9.17) is 5.73 Å². The minimum Gasteiger partial charge on any atom is -0.382 e. The number of thiophene rings is 1. The maximum Gasteiger partial charge on any atom is 0.153 e. The number of benzene rings is 1. The van der Waals surface area contributed by atoms with Crippen LogP contribution in [0.15, 0.2) is 54.2 Å². The summed E-state index contributed by atoms with van der Waals surface area (Å²) in [5.74, 6) is 0.494.